The van der Waals surface area contributed by atoms with E-state index in [2.05, 4.69) is 0 Å². The van der Waals surface area contributed by atoms with Crippen LogP contribution in [-0.4, -0.2) is 16.8 Å². The van der Waals surface area contributed by atoms with E-state index in [-0.39, 0.29) is 0 Å². The molecule has 0 bridgehead atoms. The van der Waals surface area contributed by atoms with Gasteiger partial charge in [-0.15, -0.1) is 11.3 Å². The molecule has 0 unspecified atom stereocenters. The summed E-state index contributed by atoms with van der Waals surface area (Å²) in [5, 5.41) is 2.74. The maximum absolute atomic E-state index is 12.0. The third kappa shape index (κ3) is 3.11. The molecule has 0 N–H and O–H groups in total. The zero-order chi connectivity index (χ0) is 11.4. The van der Waals surface area contributed by atoms with E-state index in [4.69, 9.17) is 0 Å². The van der Waals surface area contributed by atoms with Crippen LogP contribution in [0.15, 0.2) is 11.4 Å². The van der Waals surface area contributed by atoms with Gasteiger partial charge in [0.05, 0.1) is 5.75 Å². The lowest BCUT2D eigenvalue weighted by Crippen LogP contribution is -2.12. The molecule has 1 aliphatic carbocycles. The highest BCUT2D eigenvalue weighted by Gasteiger charge is 2.16. The second-order valence-electron chi connectivity index (χ2n) is 4.38. The van der Waals surface area contributed by atoms with Gasteiger partial charge in [0.2, 0.25) is 0 Å². The van der Waals surface area contributed by atoms with Crippen molar-refractivity contribution in [2.45, 2.75) is 44.3 Å². The number of rotatable bonds is 4. The van der Waals surface area contributed by atoms with E-state index in [1.54, 1.807) is 11.3 Å². The molecule has 1 aromatic rings. The summed E-state index contributed by atoms with van der Waals surface area (Å²) >= 11 is 3.53. The molecule has 1 aliphatic rings. The van der Waals surface area contributed by atoms with Crippen LogP contribution in [0.5, 0.6) is 0 Å². The normalized spacial score (nSPS) is 17.6. The lowest BCUT2D eigenvalue weighted by molar-refractivity contribution is 0.102. The fraction of sp³-hybridized carbons (Fsp3) is 0.615. The summed E-state index contributed by atoms with van der Waals surface area (Å²) in [7, 11) is 0. The van der Waals surface area contributed by atoms with Gasteiger partial charge in [-0.2, -0.15) is 11.8 Å². The highest BCUT2D eigenvalue weighted by atomic mass is 32.2. The highest BCUT2D eigenvalue weighted by molar-refractivity contribution is 8.00. The van der Waals surface area contributed by atoms with Gasteiger partial charge in [0.1, 0.15) is 0 Å². The molecule has 0 saturated heterocycles. The minimum atomic E-state index is 0.314. The van der Waals surface area contributed by atoms with E-state index in [1.807, 2.05) is 30.1 Å². The average Bonchev–Trinajstić information content (AvgIpc) is 2.74. The molecule has 2 rings (SSSR count). The molecule has 1 heterocycles. The van der Waals surface area contributed by atoms with Crippen molar-refractivity contribution in [3.05, 3.63) is 21.9 Å². The minimum Gasteiger partial charge on any atom is -0.293 e. The first kappa shape index (κ1) is 12.2. The van der Waals surface area contributed by atoms with E-state index in [1.165, 1.54) is 32.1 Å². The molecule has 1 fully saturated rings. The van der Waals surface area contributed by atoms with Crippen molar-refractivity contribution in [2.24, 2.45) is 0 Å². The Labute approximate surface area is 106 Å². The number of ketones is 1. The topological polar surface area (TPSA) is 17.1 Å². The summed E-state index contributed by atoms with van der Waals surface area (Å²) in [6.45, 7) is 2.03. The number of hydrogen-bond donors (Lipinski definition) is 0. The van der Waals surface area contributed by atoms with Gasteiger partial charge in [0.25, 0.3) is 0 Å². The van der Waals surface area contributed by atoms with Crippen LogP contribution >= 0.6 is 23.1 Å². The van der Waals surface area contributed by atoms with E-state index < -0.39 is 0 Å². The molecule has 1 aromatic heterocycles. The maximum Gasteiger partial charge on any atom is 0.173 e. The van der Waals surface area contributed by atoms with E-state index in [0.29, 0.717) is 11.5 Å². The van der Waals surface area contributed by atoms with Crippen molar-refractivity contribution in [3.63, 3.8) is 0 Å². The summed E-state index contributed by atoms with van der Waals surface area (Å²) < 4.78 is 0. The Morgan fingerprint density at radius 2 is 2.19 bits per heavy atom. The summed E-state index contributed by atoms with van der Waals surface area (Å²) in [6.07, 6.45) is 6.70. The highest BCUT2D eigenvalue weighted by Crippen LogP contribution is 2.29. The average molecular weight is 254 g/mol. The first-order chi connectivity index (χ1) is 7.77. The fourth-order valence-corrected chi connectivity index (χ4v) is 4.10. The lowest BCUT2D eigenvalue weighted by atomic mass is 10.0. The molecule has 16 heavy (non-hydrogen) atoms. The van der Waals surface area contributed by atoms with Gasteiger partial charge in [-0.3, -0.25) is 4.79 Å². The van der Waals surface area contributed by atoms with Gasteiger partial charge >= 0.3 is 0 Å². The molecule has 1 saturated carbocycles. The Morgan fingerprint density at radius 3 is 2.81 bits per heavy atom. The van der Waals surface area contributed by atoms with Crippen molar-refractivity contribution in [2.75, 3.05) is 5.75 Å². The Morgan fingerprint density at radius 1 is 1.44 bits per heavy atom. The second-order valence-corrected chi connectivity index (χ2v) is 6.79. The van der Waals surface area contributed by atoms with Crippen LogP contribution < -0.4 is 0 Å². The van der Waals surface area contributed by atoms with Crippen molar-refractivity contribution in [1.29, 1.82) is 0 Å². The maximum atomic E-state index is 12.0. The predicted octanol–water partition coefficient (Wildman–Crippen LogP) is 4.31. The third-order valence-electron chi connectivity index (χ3n) is 3.16. The Kier molecular flexibility index (Phi) is 4.47. The van der Waals surface area contributed by atoms with Crippen LogP contribution in [0.4, 0.5) is 0 Å². The van der Waals surface area contributed by atoms with E-state index in [9.17, 15) is 4.79 Å². The largest absolute Gasteiger partial charge is 0.293 e. The number of thioether (sulfide) groups is 1. The Hall–Kier alpha value is -0.280. The zero-order valence-corrected chi connectivity index (χ0v) is 11.3. The van der Waals surface area contributed by atoms with Crippen molar-refractivity contribution >= 4 is 28.9 Å². The summed E-state index contributed by atoms with van der Waals surface area (Å²) in [4.78, 5) is 13.1. The van der Waals surface area contributed by atoms with Gasteiger partial charge in [-0.25, -0.2) is 0 Å². The number of hydrogen-bond acceptors (Lipinski definition) is 3. The first-order valence-corrected chi connectivity index (χ1v) is 7.89. The number of Topliss-reactive ketones (excluding diaryl/α,β-unsaturated/α-hetero) is 1. The third-order valence-corrected chi connectivity index (χ3v) is 5.38. The van der Waals surface area contributed by atoms with Gasteiger partial charge in [-0.1, -0.05) is 19.3 Å². The molecular formula is C13H18OS2. The van der Waals surface area contributed by atoms with Crippen molar-refractivity contribution < 1.29 is 4.79 Å². The zero-order valence-electron chi connectivity index (χ0n) is 9.70. The molecule has 0 atom stereocenters. The molecule has 1 nitrogen and oxygen atoms in total. The second kappa shape index (κ2) is 5.87. The summed E-state index contributed by atoms with van der Waals surface area (Å²) in [5.41, 5.74) is 0.938. The van der Waals surface area contributed by atoms with Gasteiger partial charge in [-0.05, 0) is 31.2 Å². The molecule has 0 aromatic carbocycles. The standard InChI is InChI=1S/C13H18OS2/c1-10-12(7-8-15-10)13(14)9-16-11-5-3-2-4-6-11/h7-8,11H,2-6,9H2,1H3. The number of carbonyl (C=O) groups excluding carboxylic acids is 1. The smallest absolute Gasteiger partial charge is 0.173 e. The Balaban J connectivity index is 1.81. The quantitative estimate of drug-likeness (QED) is 0.745. The minimum absolute atomic E-state index is 0.314. The Bertz CT molecular complexity index is 351. The van der Waals surface area contributed by atoms with Gasteiger partial charge < -0.3 is 0 Å². The van der Waals surface area contributed by atoms with E-state index in [0.717, 1.165) is 15.7 Å². The molecule has 0 radical (unpaired) electrons. The molecular weight excluding hydrogens is 236 g/mol. The van der Waals surface area contributed by atoms with Crippen molar-refractivity contribution in [3.8, 4) is 0 Å². The van der Waals surface area contributed by atoms with E-state index >= 15 is 0 Å². The fourth-order valence-electron chi connectivity index (χ4n) is 2.18. The van der Waals surface area contributed by atoms with Crippen LogP contribution in [-0.2, 0) is 0 Å². The van der Waals surface area contributed by atoms with Crippen LogP contribution in [0.2, 0.25) is 0 Å². The van der Waals surface area contributed by atoms with Gasteiger partial charge in [0, 0.05) is 15.7 Å². The van der Waals surface area contributed by atoms with Gasteiger partial charge in [0.15, 0.2) is 5.78 Å². The monoisotopic (exact) mass is 254 g/mol. The summed E-state index contributed by atoms with van der Waals surface area (Å²) in [5.74, 6) is 0.983. The molecule has 0 amide bonds. The summed E-state index contributed by atoms with van der Waals surface area (Å²) in [6, 6.07) is 1.96. The molecule has 3 heteroatoms. The first-order valence-electron chi connectivity index (χ1n) is 5.96. The number of carbonyl (C=O) groups is 1. The molecule has 88 valence electrons. The van der Waals surface area contributed by atoms with Crippen LogP contribution in [0.25, 0.3) is 0 Å². The number of thiophene rings is 1. The molecule has 0 spiro atoms. The SMILES string of the molecule is Cc1sccc1C(=O)CSC1CCCCC1. The van der Waals surface area contributed by atoms with Crippen LogP contribution in [0, 0.1) is 6.92 Å². The lowest BCUT2D eigenvalue weighted by Gasteiger charge is -2.20. The van der Waals surface area contributed by atoms with Crippen LogP contribution in [0.3, 0.4) is 0 Å². The predicted molar refractivity (Wildman–Crippen MR) is 72.7 cm³/mol. The van der Waals surface area contributed by atoms with Crippen LogP contribution in [0.1, 0.15) is 47.3 Å². The molecule has 0 aliphatic heterocycles. The number of aryl methyl sites for hydroxylation is 1. The van der Waals surface area contributed by atoms with Crippen molar-refractivity contribution in [1.82, 2.24) is 0 Å².